The van der Waals surface area contributed by atoms with E-state index in [2.05, 4.69) is 52.2 Å². The average Bonchev–Trinajstić information content (AvgIpc) is 3.23. The van der Waals surface area contributed by atoms with Gasteiger partial charge in [0, 0.05) is 43.8 Å². The molecule has 8 heteroatoms. The van der Waals surface area contributed by atoms with Gasteiger partial charge in [-0.1, -0.05) is 13.8 Å². The number of carbonyl (C=O) groups excluding carboxylic acids is 1. The van der Waals surface area contributed by atoms with E-state index in [1.165, 1.54) is 17.5 Å². The van der Waals surface area contributed by atoms with Gasteiger partial charge in [-0.25, -0.2) is 0 Å². The molecule has 1 aliphatic heterocycles. The van der Waals surface area contributed by atoms with Crippen LogP contribution in [0.3, 0.4) is 0 Å². The normalized spacial score (nSPS) is 16.5. The molecule has 1 amide bonds. The van der Waals surface area contributed by atoms with Crippen molar-refractivity contribution in [2.45, 2.75) is 78.3 Å². The van der Waals surface area contributed by atoms with Gasteiger partial charge in [-0.05, 0) is 64.5 Å². The minimum atomic E-state index is 0.175. The van der Waals surface area contributed by atoms with E-state index in [-0.39, 0.29) is 11.9 Å². The van der Waals surface area contributed by atoms with Crippen LogP contribution in [0.25, 0.3) is 5.70 Å². The molecular weight excluding hydrogens is 390 g/mol. The van der Waals surface area contributed by atoms with Crippen LogP contribution in [0, 0.1) is 0 Å². The van der Waals surface area contributed by atoms with Crippen LogP contribution in [0.15, 0.2) is 6.08 Å². The Morgan fingerprint density at radius 1 is 1.16 bits per heavy atom. The van der Waals surface area contributed by atoms with Gasteiger partial charge >= 0.3 is 0 Å². The van der Waals surface area contributed by atoms with Gasteiger partial charge in [-0.2, -0.15) is 0 Å². The van der Waals surface area contributed by atoms with Crippen molar-refractivity contribution in [3.05, 3.63) is 22.9 Å². The van der Waals surface area contributed by atoms with Crippen molar-refractivity contribution in [2.24, 2.45) is 11.5 Å². The first kappa shape index (κ1) is 26.8. The third-order valence-corrected chi connectivity index (χ3v) is 5.30. The molecule has 31 heavy (non-hydrogen) atoms. The Kier molecular flexibility index (Phi) is 11.5. The molecule has 2 heterocycles. The summed E-state index contributed by atoms with van der Waals surface area (Å²) in [6.07, 6.45) is 7.93. The molecular formula is C23H43N7O. The average molecular weight is 434 g/mol. The van der Waals surface area contributed by atoms with Crippen molar-refractivity contribution in [1.82, 2.24) is 20.8 Å². The number of rotatable bonds is 5. The molecule has 1 aromatic rings. The Morgan fingerprint density at radius 2 is 1.74 bits per heavy atom. The molecule has 1 aromatic heterocycles. The number of anilines is 1. The fourth-order valence-corrected chi connectivity index (χ4v) is 4.22. The Morgan fingerprint density at radius 3 is 2.26 bits per heavy atom. The molecule has 1 fully saturated rings. The zero-order valence-electron chi connectivity index (χ0n) is 20.3. The zero-order chi connectivity index (χ0) is 23.4. The number of carbonyl (C=O) groups is 1. The summed E-state index contributed by atoms with van der Waals surface area (Å²) in [5.74, 6) is 1.11. The highest BCUT2D eigenvalue weighted by Gasteiger charge is 2.28. The molecule has 1 aliphatic carbocycles. The minimum Gasteiger partial charge on any atom is -0.387 e. The number of fused-ring (bicyclic) bond motifs is 1. The summed E-state index contributed by atoms with van der Waals surface area (Å²) in [6.45, 7) is 13.3. The molecule has 0 spiro atoms. The minimum absolute atomic E-state index is 0.175. The van der Waals surface area contributed by atoms with Gasteiger partial charge in [0.25, 0.3) is 0 Å². The zero-order valence-corrected chi connectivity index (χ0v) is 20.3. The second kappa shape index (κ2) is 13.3. The largest absolute Gasteiger partial charge is 0.387 e. The van der Waals surface area contributed by atoms with Gasteiger partial charge < -0.3 is 27.0 Å². The predicted molar refractivity (Wildman–Crippen MR) is 130 cm³/mol. The van der Waals surface area contributed by atoms with Gasteiger partial charge in [-0.3, -0.25) is 4.79 Å². The van der Waals surface area contributed by atoms with Crippen LogP contribution in [0.5, 0.6) is 0 Å². The predicted octanol–water partition coefficient (Wildman–Crippen LogP) is 1.97. The molecule has 0 atom stereocenters. The van der Waals surface area contributed by atoms with Crippen molar-refractivity contribution in [3.63, 3.8) is 0 Å². The number of nitrogens with two attached hydrogens (primary N) is 2. The lowest BCUT2D eigenvalue weighted by Gasteiger charge is -2.37. The maximum absolute atomic E-state index is 8.58. The molecule has 0 aromatic carbocycles. The van der Waals surface area contributed by atoms with Crippen molar-refractivity contribution >= 4 is 17.9 Å². The van der Waals surface area contributed by atoms with E-state index in [1.807, 2.05) is 27.0 Å². The highest BCUT2D eigenvalue weighted by atomic mass is 16.1. The van der Waals surface area contributed by atoms with Gasteiger partial charge in [-0.15, -0.1) is 10.2 Å². The van der Waals surface area contributed by atoms with E-state index in [1.54, 1.807) is 0 Å². The van der Waals surface area contributed by atoms with E-state index in [0.29, 0.717) is 12.6 Å². The summed E-state index contributed by atoms with van der Waals surface area (Å²) in [4.78, 5) is 11.0. The van der Waals surface area contributed by atoms with Crippen LogP contribution < -0.4 is 27.0 Å². The first-order valence-corrected chi connectivity index (χ1v) is 11.5. The fraction of sp³-hybridized carbons (Fsp3) is 0.696. The molecule has 6 N–H and O–H groups in total. The molecule has 0 saturated carbocycles. The second-order valence-corrected chi connectivity index (χ2v) is 8.58. The summed E-state index contributed by atoms with van der Waals surface area (Å²) in [7, 11) is 1.92. The summed E-state index contributed by atoms with van der Waals surface area (Å²) < 4.78 is 0. The van der Waals surface area contributed by atoms with E-state index < -0.39 is 0 Å². The number of nitrogens with zero attached hydrogens (tertiary/aromatic N) is 3. The highest BCUT2D eigenvalue weighted by molar-refractivity contribution is 5.68. The second-order valence-electron chi connectivity index (χ2n) is 8.58. The van der Waals surface area contributed by atoms with E-state index in [9.17, 15) is 0 Å². The number of primary amides is 1. The van der Waals surface area contributed by atoms with Crippen molar-refractivity contribution in [1.29, 1.82) is 0 Å². The van der Waals surface area contributed by atoms with E-state index in [4.69, 9.17) is 10.5 Å². The third-order valence-electron chi connectivity index (χ3n) is 5.30. The number of piperidine rings is 1. The molecule has 0 bridgehead atoms. The fourth-order valence-electron chi connectivity index (χ4n) is 4.22. The van der Waals surface area contributed by atoms with Crippen molar-refractivity contribution in [2.75, 3.05) is 31.6 Å². The van der Waals surface area contributed by atoms with Crippen LogP contribution in [0.4, 0.5) is 5.82 Å². The lowest BCUT2D eigenvalue weighted by Crippen LogP contribution is -2.49. The summed E-state index contributed by atoms with van der Waals surface area (Å²) >= 11 is 0. The topological polar surface area (TPSA) is 122 Å². The van der Waals surface area contributed by atoms with Crippen molar-refractivity contribution < 1.29 is 4.79 Å². The molecule has 8 nitrogen and oxygen atoms in total. The third kappa shape index (κ3) is 7.78. The smallest absolute Gasteiger partial charge is 0.204 e. The summed E-state index contributed by atoms with van der Waals surface area (Å²) in [5, 5.41) is 16.2. The monoisotopic (exact) mass is 433 g/mol. The quantitative estimate of drug-likeness (QED) is 0.524. The molecule has 1 saturated heterocycles. The molecule has 3 rings (SSSR count). The standard InChI is InChI=1S/C20H34N6.C2H6.CH3NO/c1-20(2,3)23-14-9-12-26(13-10-14)19-16-7-5-6-15(16)18(24-25-19)17(22-4)8-11-21;1-2;2-1-3/h8,14,22-23H,5-7,9-13,21H2,1-4H3;1-2H3;1H,(H2,2,3)/b17-8-;;. The molecule has 0 radical (unpaired) electrons. The van der Waals surface area contributed by atoms with Gasteiger partial charge in [0.15, 0.2) is 5.82 Å². The van der Waals surface area contributed by atoms with Crippen LogP contribution in [-0.2, 0) is 17.6 Å². The van der Waals surface area contributed by atoms with Crippen LogP contribution in [0.2, 0.25) is 0 Å². The van der Waals surface area contributed by atoms with Gasteiger partial charge in [0.05, 0.1) is 5.70 Å². The number of amides is 1. The lowest BCUT2D eigenvalue weighted by atomic mass is 9.99. The Bertz CT molecular complexity index is 705. The Balaban J connectivity index is 0.000000884. The maximum Gasteiger partial charge on any atom is 0.204 e. The van der Waals surface area contributed by atoms with E-state index in [0.717, 1.165) is 56.0 Å². The van der Waals surface area contributed by atoms with Crippen LogP contribution in [0.1, 0.15) is 70.7 Å². The first-order chi connectivity index (χ1) is 14.8. The number of hydrogen-bond donors (Lipinski definition) is 4. The summed E-state index contributed by atoms with van der Waals surface area (Å²) in [6, 6.07) is 0.593. The highest BCUT2D eigenvalue weighted by Crippen LogP contribution is 2.34. The van der Waals surface area contributed by atoms with Gasteiger partial charge in [0.2, 0.25) is 6.41 Å². The van der Waals surface area contributed by atoms with Crippen LogP contribution >= 0.6 is 0 Å². The van der Waals surface area contributed by atoms with Crippen molar-refractivity contribution in [3.8, 4) is 0 Å². The molecule has 0 unspecified atom stereocenters. The van der Waals surface area contributed by atoms with E-state index >= 15 is 0 Å². The first-order valence-electron chi connectivity index (χ1n) is 11.5. The lowest BCUT2D eigenvalue weighted by molar-refractivity contribution is -0.106. The molecule has 176 valence electrons. The Hall–Kier alpha value is -2.19. The maximum atomic E-state index is 8.58. The number of hydrogen-bond acceptors (Lipinski definition) is 7. The Labute approximate surface area is 188 Å². The number of nitrogens with one attached hydrogen (secondary N) is 2. The number of aromatic nitrogens is 2. The summed E-state index contributed by atoms with van der Waals surface area (Å²) in [5.41, 5.74) is 14.8. The van der Waals surface area contributed by atoms with Gasteiger partial charge in [0.1, 0.15) is 5.69 Å². The SMILES string of the molecule is CC.CN/C(=C\CN)c1nnc(N2CCC(NC(C)(C)C)CC2)c2c1CCC2.NC=O. The molecule has 2 aliphatic rings. The van der Waals surface area contributed by atoms with Crippen LogP contribution in [-0.4, -0.2) is 54.9 Å².